The lowest BCUT2D eigenvalue weighted by Crippen LogP contribution is -2.30. The molecule has 6 heteroatoms. The summed E-state index contributed by atoms with van der Waals surface area (Å²) >= 11 is 0. The van der Waals surface area contributed by atoms with E-state index in [1.165, 1.54) is 18.2 Å². The van der Waals surface area contributed by atoms with Gasteiger partial charge in [0.25, 0.3) is 0 Å². The quantitative estimate of drug-likeness (QED) is 0.883. The second-order valence-corrected chi connectivity index (χ2v) is 4.73. The standard InChI is InChI=1S/C14H17FN2O3/c1-20-6-5-17-9-10(7-13(17)18)14(19)16-12-4-2-3-11(15)8-12/h2-4,8,10H,5-7,9H2,1H3,(H,16,19)/t10-/m1/s1. The number of hydrogen-bond acceptors (Lipinski definition) is 3. The molecule has 2 amide bonds. The van der Waals surface area contributed by atoms with Crippen molar-refractivity contribution in [3.8, 4) is 0 Å². The summed E-state index contributed by atoms with van der Waals surface area (Å²) in [6, 6.07) is 5.69. The molecule has 0 aromatic heterocycles. The Balaban J connectivity index is 1.92. The Labute approximate surface area is 116 Å². The molecule has 1 fully saturated rings. The maximum atomic E-state index is 13.0. The number of nitrogens with zero attached hydrogens (tertiary/aromatic N) is 1. The summed E-state index contributed by atoms with van der Waals surface area (Å²) in [7, 11) is 1.56. The number of rotatable bonds is 5. The first kappa shape index (κ1) is 14.5. The lowest BCUT2D eigenvalue weighted by atomic mass is 10.1. The molecule has 1 aliphatic rings. The molecule has 0 unspecified atom stereocenters. The minimum absolute atomic E-state index is 0.0542. The Hall–Kier alpha value is -1.95. The van der Waals surface area contributed by atoms with Crippen LogP contribution in [0.15, 0.2) is 24.3 Å². The van der Waals surface area contributed by atoms with E-state index in [2.05, 4.69) is 5.32 Å². The molecule has 1 aliphatic heterocycles. The van der Waals surface area contributed by atoms with Crippen molar-refractivity contribution in [1.82, 2.24) is 4.90 Å². The predicted molar refractivity (Wildman–Crippen MR) is 71.6 cm³/mol. The molecule has 0 radical (unpaired) electrons. The van der Waals surface area contributed by atoms with E-state index in [4.69, 9.17) is 4.74 Å². The van der Waals surface area contributed by atoms with E-state index >= 15 is 0 Å². The number of carbonyl (C=O) groups is 2. The van der Waals surface area contributed by atoms with Crippen LogP contribution in [0.25, 0.3) is 0 Å². The first-order valence-electron chi connectivity index (χ1n) is 6.43. The molecule has 20 heavy (non-hydrogen) atoms. The van der Waals surface area contributed by atoms with Gasteiger partial charge in [-0.25, -0.2) is 4.39 Å². The van der Waals surface area contributed by atoms with Crippen molar-refractivity contribution >= 4 is 17.5 Å². The van der Waals surface area contributed by atoms with Crippen molar-refractivity contribution in [2.75, 3.05) is 32.1 Å². The highest BCUT2D eigenvalue weighted by molar-refractivity contribution is 5.97. The fourth-order valence-corrected chi connectivity index (χ4v) is 2.18. The summed E-state index contributed by atoms with van der Waals surface area (Å²) in [6.07, 6.45) is 0.185. The largest absolute Gasteiger partial charge is 0.383 e. The number of benzene rings is 1. The summed E-state index contributed by atoms with van der Waals surface area (Å²) in [6.45, 7) is 1.31. The normalized spacial score (nSPS) is 18.4. The first-order valence-corrected chi connectivity index (χ1v) is 6.43. The number of carbonyl (C=O) groups excluding carboxylic acids is 2. The van der Waals surface area contributed by atoms with Crippen molar-refractivity contribution in [3.05, 3.63) is 30.1 Å². The van der Waals surface area contributed by atoms with Crippen LogP contribution in [0.4, 0.5) is 10.1 Å². The SMILES string of the molecule is COCCN1C[C@H](C(=O)Nc2cccc(F)c2)CC1=O. The molecule has 1 saturated heterocycles. The van der Waals surface area contributed by atoms with Gasteiger partial charge in [-0.15, -0.1) is 0 Å². The Morgan fingerprint density at radius 2 is 2.35 bits per heavy atom. The molecule has 0 bridgehead atoms. The highest BCUT2D eigenvalue weighted by atomic mass is 19.1. The van der Waals surface area contributed by atoms with Crippen LogP contribution >= 0.6 is 0 Å². The molecule has 1 N–H and O–H groups in total. The topological polar surface area (TPSA) is 58.6 Å². The van der Waals surface area contributed by atoms with Gasteiger partial charge in [-0.1, -0.05) is 6.07 Å². The van der Waals surface area contributed by atoms with E-state index in [0.29, 0.717) is 25.4 Å². The van der Waals surface area contributed by atoms with E-state index in [9.17, 15) is 14.0 Å². The van der Waals surface area contributed by atoms with E-state index < -0.39 is 11.7 Å². The summed E-state index contributed by atoms with van der Waals surface area (Å²) in [5.41, 5.74) is 0.401. The molecule has 0 aliphatic carbocycles. The molecular weight excluding hydrogens is 263 g/mol. The fourth-order valence-electron chi connectivity index (χ4n) is 2.18. The van der Waals surface area contributed by atoms with Crippen molar-refractivity contribution in [1.29, 1.82) is 0 Å². The number of ether oxygens (including phenoxy) is 1. The van der Waals surface area contributed by atoms with Crippen LogP contribution in [0, 0.1) is 11.7 Å². The van der Waals surface area contributed by atoms with Gasteiger partial charge in [-0.2, -0.15) is 0 Å². The van der Waals surface area contributed by atoms with Crippen molar-refractivity contribution in [3.63, 3.8) is 0 Å². The molecule has 1 heterocycles. The van der Waals surface area contributed by atoms with E-state index in [-0.39, 0.29) is 18.2 Å². The predicted octanol–water partition coefficient (Wildman–Crippen LogP) is 1.26. The minimum Gasteiger partial charge on any atom is -0.383 e. The number of methoxy groups -OCH3 is 1. The van der Waals surface area contributed by atoms with Crippen LogP contribution in [0.3, 0.4) is 0 Å². The lowest BCUT2D eigenvalue weighted by Gasteiger charge is -2.15. The van der Waals surface area contributed by atoms with Gasteiger partial charge in [-0.05, 0) is 18.2 Å². The molecule has 5 nitrogen and oxygen atoms in total. The van der Waals surface area contributed by atoms with Gasteiger partial charge in [0.15, 0.2) is 0 Å². The number of anilines is 1. The monoisotopic (exact) mass is 280 g/mol. The molecule has 1 aromatic rings. The summed E-state index contributed by atoms with van der Waals surface area (Å²) in [5.74, 6) is -1.13. The zero-order valence-corrected chi connectivity index (χ0v) is 11.3. The molecule has 1 aromatic carbocycles. The van der Waals surface area contributed by atoms with E-state index in [1.807, 2.05) is 0 Å². The Morgan fingerprint density at radius 1 is 1.55 bits per heavy atom. The van der Waals surface area contributed by atoms with Crippen LogP contribution in [0.2, 0.25) is 0 Å². The molecule has 108 valence electrons. The zero-order chi connectivity index (χ0) is 14.5. The van der Waals surface area contributed by atoms with Crippen molar-refractivity contribution < 1.29 is 18.7 Å². The van der Waals surface area contributed by atoms with Gasteiger partial charge in [-0.3, -0.25) is 9.59 Å². The molecule has 0 saturated carbocycles. The number of amides is 2. The number of halogens is 1. The fraction of sp³-hybridized carbons (Fsp3) is 0.429. The van der Waals surface area contributed by atoms with Gasteiger partial charge in [0.05, 0.1) is 12.5 Å². The van der Waals surface area contributed by atoms with Crippen LogP contribution < -0.4 is 5.32 Å². The third kappa shape index (κ3) is 3.54. The summed E-state index contributed by atoms with van der Waals surface area (Å²) in [5, 5.41) is 2.63. The smallest absolute Gasteiger partial charge is 0.229 e. The van der Waals surface area contributed by atoms with Gasteiger partial charge in [0.1, 0.15) is 5.82 Å². The van der Waals surface area contributed by atoms with Crippen molar-refractivity contribution in [2.24, 2.45) is 5.92 Å². The Morgan fingerprint density at radius 3 is 3.05 bits per heavy atom. The van der Waals surface area contributed by atoms with Gasteiger partial charge < -0.3 is 15.0 Å². The van der Waals surface area contributed by atoms with E-state index in [0.717, 1.165) is 0 Å². The van der Waals surface area contributed by atoms with Crippen LogP contribution in [0.1, 0.15) is 6.42 Å². The van der Waals surface area contributed by atoms with E-state index in [1.54, 1.807) is 18.1 Å². The molecular formula is C14H17FN2O3. The van der Waals surface area contributed by atoms with Crippen LogP contribution in [0.5, 0.6) is 0 Å². The lowest BCUT2D eigenvalue weighted by molar-refractivity contribution is -0.128. The highest BCUT2D eigenvalue weighted by Crippen LogP contribution is 2.20. The highest BCUT2D eigenvalue weighted by Gasteiger charge is 2.33. The van der Waals surface area contributed by atoms with Gasteiger partial charge >= 0.3 is 0 Å². The second kappa shape index (κ2) is 6.47. The minimum atomic E-state index is -0.410. The Kier molecular flexibility index (Phi) is 4.68. The maximum absolute atomic E-state index is 13.0. The molecule has 0 spiro atoms. The summed E-state index contributed by atoms with van der Waals surface area (Å²) in [4.78, 5) is 25.4. The maximum Gasteiger partial charge on any atom is 0.229 e. The third-order valence-electron chi connectivity index (χ3n) is 3.24. The van der Waals surface area contributed by atoms with Gasteiger partial charge in [0.2, 0.25) is 11.8 Å². The van der Waals surface area contributed by atoms with Crippen LogP contribution in [-0.4, -0.2) is 43.5 Å². The average Bonchev–Trinajstić information content (AvgIpc) is 2.78. The zero-order valence-electron chi connectivity index (χ0n) is 11.3. The second-order valence-electron chi connectivity index (χ2n) is 4.73. The molecule has 2 rings (SSSR count). The number of nitrogens with one attached hydrogen (secondary N) is 1. The van der Waals surface area contributed by atoms with Crippen LogP contribution in [-0.2, 0) is 14.3 Å². The summed E-state index contributed by atoms with van der Waals surface area (Å²) < 4.78 is 18.0. The number of likely N-dealkylation sites (tertiary alicyclic amines) is 1. The molecule has 1 atom stereocenters. The van der Waals surface area contributed by atoms with Crippen molar-refractivity contribution in [2.45, 2.75) is 6.42 Å². The van der Waals surface area contributed by atoms with Gasteiger partial charge in [0, 0.05) is 32.3 Å². The Bertz CT molecular complexity index is 507. The average molecular weight is 280 g/mol. The first-order chi connectivity index (χ1) is 9.60. The number of hydrogen-bond donors (Lipinski definition) is 1. The third-order valence-corrected chi connectivity index (χ3v) is 3.24.